The Labute approximate surface area is 106 Å². The van der Waals surface area contributed by atoms with Crippen molar-refractivity contribution < 1.29 is 22.7 Å². The summed E-state index contributed by atoms with van der Waals surface area (Å²) in [6, 6.07) is 2.75. The molecule has 0 bridgehead atoms. The first-order valence-corrected chi connectivity index (χ1v) is 7.37. The standard InChI is InChI=1S/C11H17NO5S/c13-7-10-3-4-11(17-10)18(14,15)12-5-6-16-8-9-1-2-9/h3-4,9,12-13H,1-2,5-8H2. The first kappa shape index (κ1) is 13.5. The van der Waals surface area contributed by atoms with Gasteiger partial charge in [0, 0.05) is 13.2 Å². The Balaban J connectivity index is 1.75. The van der Waals surface area contributed by atoms with Crippen molar-refractivity contribution in [3.05, 3.63) is 17.9 Å². The fraction of sp³-hybridized carbons (Fsp3) is 0.636. The maximum atomic E-state index is 11.7. The molecule has 0 radical (unpaired) electrons. The van der Waals surface area contributed by atoms with Crippen molar-refractivity contribution in [2.24, 2.45) is 5.92 Å². The summed E-state index contributed by atoms with van der Waals surface area (Å²) in [4.78, 5) is 0. The van der Waals surface area contributed by atoms with Crippen molar-refractivity contribution in [2.75, 3.05) is 19.8 Å². The van der Waals surface area contributed by atoms with E-state index in [0.717, 1.165) is 0 Å². The van der Waals surface area contributed by atoms with Crippen LogP contribution >= 0.6 is 0 Å². The molecule has 1 saturated carbocycles. The molecular formula is C11H17NO5S. The molecule has 0 saturated heterocycles. The number of furan rings is 1. The van der Waals surface area contributed by atoms with Crippen LogP contribution in [-0.4, -0.2) is 33.3 Å². The molecule has 0 atom stereocenters. The topological polar surface area (TPSA) is 88.8 Å². The van der Waals surface area contributed by atoms with Crippen molar-refractivity contribution in [3.8, 4) is 0 Å². The predicted molar refractivity (Wildman–Crippen MR) is 63.4 cm³/mol. The summed E-state index contributed by atoms with van der Waals surface area (Å²) < 4.78 is 36.1. The lowest BCUT2D eigenvalue weighted by Gasteiger charge is -2.05. The molecule has 18 heavy (non-hydrogen) atoms. The van der Waals surface area contributed by atoms with E-state index >= 15 is 0 Å². The SMILES string of the molecule is O=S(=O)(NCCOCC1CC1)c1ccc(CO)o1. The van der Waals surface area contributed by atoms with Gasteiger partial charge in [0.1, 0.15) is 12.4 Å². The number of sulfonamides is 1. The zero-order valence-electron chi connectivity index (χ0n) is 9.96. The monoisotopic (exact) mass is 275 g/mol. The summed E-state index contributed by atoms with van der Waals surface area (Å²) in [5.74, 6) is 0.888. The van der Waals surface area contributed by atoms with Crippen LogP contribution in [0.3, 0.4) is 0 Å². The van der Waals surface area contributed by atoms with Gasteiger partial charge in [-0.15, -0.1) is 0 Å². The van der Waals surface area contributed by atoms with Gasteiger partial charge in [0.15, 0.2) is 0 Å². The number of nitrogens with one attached hydrogen (secondary N) is 1. The second-order valence-electron chi connectivity index (χ2n) is 4.29. The van der Waals surface area contributed by atoms with Gasteiger partial charge < -0.3 is 14.3 Å². The van der Waals surface area contributed by atoms with Gasteiger partial charge in [-0.1, -0.05) is 0 Å². The van der Waals surface area contributed by atoms with E-state index in [4.69, 9.17) is 14.3 Å². The molecule has 0 spiro atoms. The van der Waals surface area contributed by atoms with Gasteiger partial charge in [-0.25, -0.2) is 13.1 Å². The van der Waals surface area contributed by atoms with Crippen LogP contribution in [0.4, 0.5) is 0 Å². The van der Waals surface area contributed by atoms with E-state index < -0.39 is 10.0 Å². The highest BCUT2D eigenvalue weighted by Crippen LogP contribution is 2.28. The molecule has 6 nitrogen and oxygen atoms in total. The molecule has 1 fully saturated rings. The van der Waals surface area contributed by atoms with Crippen molar-refractivity contribution in [2.45, 2.75) is 24.5 Å². The Morgan fingerprint density at radius 3 is 2.83 bits per heavy atom. The zero-order valence-corrected chi connectivity index (χ0v) is 10.8. The molecule has 0 unspecified atom stereocenters. The molecule has 7 heteroatoms. The number of rotatable bonds is 8. The number of aliphatic hydroxyl groups excluding tert-OH is 1. The summed E-state index contributed by atoms with van der Waals surface area (Å²) in [6.45, 7) is 0.949. The third-order valence-corrected chi connectivity index (χ3v) is 3.98. The molecule has 0 aromatic carbocycles. The van der Waals surface area contributed by atoms with E-state index in [-0.39, 0.29) is 24.0 Å². The van der Waals surface area contributed by atoms with Crippen LogP contribution in [0.25, 0.3) is 0 Å². The first-order valence-electron chi connectivity index (χ1n) is 5.89. The number of ether oxygens (including phenoxy) is 1. The van der Waals surface area contributed by atoms with Crippen LogP contribution in [0, 0.1) is 5.92 Å². The van der Waals surface area contributed by atoms with Crippen molar-refractivity contribution in [1.82, 2.24) is 4.72 Å². The van der Waals surface area contributed by atoms with Gasteiger partial charge in [-0.2, -0.15) is 0 Å². The van der Waals surface area contributed by atoms with E-state index in [0.29, 0.717) is 19.1 Å². The summed E-state index contributed by atoms with van der Waals surface area (Å²) in [5.41, 5.74) is 0. The van der Waals surface area contributed by atoms with E-state index in [2.05, 4.69) is 4.72 Å². The number of hydrogen-bond donors (Lipinski definition) is 2. The molecular weight excluding hydrogens is 258 g/mol. The summed E-state index contributed by atoms with van der Waals surface area (Å²) in [5, 5.41) is 8.61. The van der Waals surface area contributed by atoms with Gasteiger partial charge in [0.2, 0.25) is 5.09 Å². The Bertz CT molecular complexity index is 477. The highest BCUT2D eigenvalue weighted by molar-refractivity contribution is 7.89. The third kappa shape index (κ3) is 3.81. The van der Waals surface area contributed by atoms with E-state index in [1.807, 2.05) is 0 Å². The Morgan fingerprint density at radius 1 is 1.44 bits per heavy atom. The van der Waals surface area contributed by atoms with Gasteiger partial charge in [-0.05, 0) is 30.9 Å². The summed E-state index contributed by atoms with van der Waals surface area (Å²) >= 11 is 0. The molecule has 1 aromatic heterocycles. The van der Waals surface area contributed by atoms with Gasteiger partial charge in [0.25, 0.3) is 10.0 Å². The minimum atomic E-state index is -3.64. The Kier molecular flexibility index (Phi) is 4.39. The Morgan fingerprint density at radius 2 is 2.22 bits per heavy atom. The van der Waals surface area contributed by atoms with E-state index in [9.17, 15) is 8.42 Å². The second kappa shape index (κ2) is 5.83. The Hall–Kier alpha value is -0.890. The average molecular weight is 275 g/mol. The fourth-order valence-electron chi connectivity index (χ4n) is 1.44. The summed E-state index contributed by atoms with van der Waals surface area (Å²) in [7, 11) is -3.64. The lowest BCUT2D eigenvalue weighted by atomic mass is 10.5. The molecule has 1 heterocycles. The van der Waals surface area contributed by atoms with E-state index in [1.54, 1.807) is 0 Å². The number of hydrogen-bond acceptors (Lipinski definition) is 5. The minimum absolute atomic E-state index is 0.186. The quantitative estimate of drug-likeness (QED) is 0.673. The number of aliphatic hydroxyl groups is 1. The van der Waals surface area contributed by atoms with Crippen molar-refractivity contribution in [3.63, 3.8) is 0 Å². The molecule has 0 aliphatic heterocycles. The summed E-state index contributed by atoms with van der Waals surface area (Å²) in [6.07, 6.45) is 2.42. The smallest absolute Gasteiger partial charge is 0.274 e. The van der Waals surface area contributed by atoms with Gasteiger partial charge in [-0.3, -0.25) is 0 Å². The van der Waals surface area contributed by atoms with Crippen LogP contribution in [-0.2, 0) is 21.4 Å². The van der Waals surface area contributed by atoms with Crippen molar-refractivity contribution >= 4 is 10.0 Å². The van der Waals surface area contributed by atoms with Crippen LogP contribution in [0.2, 0.25) is 0 Å². The largest absolute Gasteiger partial charge is 0.446 e. The maximum Gasteiger partial charge on any atom is 0.274 e. The molecule has 2 N–H and O–H groups in total. The van der Waals surface area contributed by atoms with Crippen LogP contribution < -0.4 is 4.72 Å². The van der Waals surface area contributed by atoms with Gasteiger partial charge in [0.05, 0.1) is 6.61 Å². The minimum Gasteiger partial charge on any atom is -0.446 e. The molecule has 1 aliphatic carbocycles. The van der Waals surface area contributed by atoms with Crippen molar-refractivity contribution in [1.29, 1.82) is 0 Å². The van der Waals surface area contributed by atoms with Crippen LogP contribution in [0.15, 0.2) is 21.6 Å². The predicted octanol–water partition coefficient (Wildman–Crippen LogP) is 0.477. The van der Waals surface area contributed by atoms with Gasteiger partial charge >= 0.3 is 0 Å². The van der Waals surface area contributed by atoms with E-state index in [1.165, 1.54) is 25.0 Å². The highest BCUT2D eigenvalue weighted by Gasteiger charge is 2.21. The van der Waals surface area contributed by atoms with Crippen LogP contribution in [0.5, 0.6) is 0 Å². The third-order valence-electron chi connectivity index (χ3n) is 2.65. The highest BCUT2D eigenvalue weighted by atomic mass is 32.2. The normalized spacial score (nSPS) is 16.1. The lowest BCUT2D eigenvalue weighted by molar-refractivity contribution is 0.129. The molecule has 1 aromatic rings. The average Bonchev–Trinajstić information content (AvgIpc) is 3.03. The maximum absolute atomic E-state index is 11.7. The molecule has 1 aliphatic rings. The van der Waals surface area contributed by atoms with Crippen LogP contribution in [0.1, 0.15) is 18.6 Å². The first-order chi connectivity index (χ1) is 8.62. The molecule has 2 rings (SSSR count). The fourth-order valence-corrected chi connectivity index (χ4v) is 2.40. The lowest BCUT2D eigenvalue weighted by Crippen LogP contribution is -2.27. The zero-order chi connectivity index (χ0) is 13.0. The molecule has 102 valence electrons. The second-order valence-corrected chi connectivity index (χ2v) is 5.99. The molecule has 0 amide bonds.